The van der Waals surface area contributed by atoms with Crippen molar-refractivity contribution in [3.05, 3.63) is 47.7 Å². The highest BCUT2D eigenvalue weighted by Crippen LogP contribution is 2.36. The van der Waals surface area contributed by atoms with Crippen molar-refractivity contribution in [3.8, 4) is 0 Å². The third-order valence-electron chi connectivity index (χ3n) is 6.24. The SMILES string of the molecule is Cc1cnc(C2CCC2)n1CC1CCN(C(=O)c2n[nH]c3ccccc23)C1. The monoisotopic (exact) mass is 363 g/mol. The lowest BCUT2D eigenvalue weighted by Gasteiger charge is -2.27. The summed E-state index contributed by atoms with van der Waals surface area (Å²) in [5.74, 6) is 2.40. The van der Waals surface area contributed by atoms with E-state index in [4.69, 9.17) is 0 Å². The first-order valence-corrected chi connectivity index (χ1v) is 9.95. The second-order valence-electron chi connectivity index (χ2n) is 8.02. The van der Waals surface area contributed by atoms with Gasteiger partial charge in [0.05, 0.1) is 5.52 Å². The predicted molar refractivity (Wildman–Crippen MR) is 104 cm³/mol. The normalized spacial score (nSPS) is 20.3. The maximum Gasteiger partial charge on any atom is 0.275 e. The highest BCUT2D eigenvalue weighted by molar-refractivity contribution is 6.04. The van der Waals surface area contributed by atoms with E-state index in [1.807, 2.05) is 35.4 Å². The molecule has 6 heteroatoms. The quantitative estimate of drug-likeness (QED) is 0.771. The molecule has 1 saturated heterocycles. The van der Waals surface area contributed by atoms with Crippen LogP contribution in [0.15, 0.2) is 30.5 Å². The molecule has 5 rings (SSSR count). The van der Waals surface area contributed by atoms with Crippen LogP contribution in [-0.4, -0.2) is 43.6 Å². The number of hydrogen-bond donors (Lipinski definition) is 1. The van der Waals surface area contributed by atoms with Crippen LogP contribution < -0.4 is 0 Å². The number of aromatic nitrogens is 4. The first kappa shape index (κ1) is 16.5. The van der Waals surface area contributed by atoms with Gasteiger partial charge in [-0.3, -0.25) is 9.89 Å². The van der Waals surface area contributed by atoms with Crippen molar-refractivity contribution in [2.24, 2.45) is 5.92 Å². The van der Waals surface area contributed by atoms with Gasteiger partial charge >= 0.3 is 0 Å². The number of H-pyrrole nitrogens is 1. The van der Waals surface area contributed by atoms with E-state index in [1.54, 1.807) is 0 Å². The number of para-hydroxylation sites is 1. The van der Waals surface area contributed by atoms with Crippen LogP contribution in [0.2, 0.25) is 0 Å². The number of aromatic amines is 1. The molecule has 2 aliphatic rings. The Morgan fingerprint density at radius 1 is 1.26 bits per heavy atom. The third kappa shape index (κ3) is 2.83. The van der Waals surface area contributed by atoms with Crippen molar-refractivity contribution in [1.82, 2.24) is 24.6 Å². The molecule has 1 atom stereocenters. The van der Waals surface area contributed by atoms with Crippen molar-refractivity contribution >= 4 is 16.8 Å². The predicted octanol–water partition coefficient (Wildman–Crippen LogP) is 3.50. The van der Waals surface area contributed by atoms with E-state index in [2.05, 4.69) is 26.7 Å². The lowest BCUT2D eigenvalue weighted by molar-refractivity contribution is 0.0782. The van der Waals surface area contributed by atoms with Gasteiger partial charge in [-0.05, 0) is 38.2 Å². The number of nitrogens with zero attached hydrogens (tertiary/aromatic N) is 4. The summed E-state index contributed by atoms with van der Waals surface area (Å²) < 4.78 is 2.40. The number of amides is 1. The van der Waals surface area contributed by atoms with E-state index < -0.39 is 0 Å². The Kier molecular flexibility index (Phi) is 3.99. The fourth-order valence-corrected chi connectivity index (χ4v) is 4.41. The van der Waals surface area contributed by atoms with Gasteiger partial charge in [-0.15, -0.1) is 0 Å². The molecule has 1 saturated carbocycles. The van der Waals surface area contributed by atoms with Crippen molar-refractivity contribution in [3.63, 3.8) is 0 Å². The Morgan fingerprint density at radius 3 is 2.93 bits per heavy atom. The molecular weight excluding hydrogens is 338 g/mol. The van der Waals surface area contributed by atoms with Crippen molar-refractivity contribution < 1.29 is 4.79 Å². The topological polar surface area (TPSA) is 66.8 Å². The fraction of sp³-hybridized carbons (Fsp3) is 0.476. The molecule has 1 aliphatic heterocycles. The average molecular weight is 363 g/mol. The number of likely N-dealkylation sites (tertiary alicyclic amines) is 1. The van der Waals surface area contributed by atoms with Crippen molar-refractivity contribution in [2.45, 2.75) is 45.1 Å². The Labute approximate surface area is 158 Å². The molecule has 3 heterocycles. The van der Waals surface area contributed by atoms with Crippen LogP contribution in [0.3, 0.4) is 0 Å². The Balaban J connectivity index is 1.30. The summed E-state index contributed by atoms with van der Waals surface area (Å²) in [5.41, 5.74) is 2.69. The van der Waals surface area contributed by atoms with Crippen LogP contribution in [0.1, 0.15) is 53.6 Å². The number of benzene rings is 1. The maximum atomic E-state index is 13.0. The smallest absolute Gasteiger partial charge is 0.275 e. The van der Waals surface area contributed by atoms with E-state index in [9.17, 15) is 4.79 Å². The Bertz CT molecular complexity index is 984. The first-order chi connectivity index (χ1) is 13.2. The summed E-state index contributed by atoms with van der Waals surface area (Å²) in [6.07, 6.45) is 6.88. The molecule has 1 aromatic carbocycles. The van der Waals surface area contributed by atoms with Gasteiger partial charge in [-0.1, -0.05) is 24.6 Å². The lowest BCUT2D eigenvalue weighted by Crippen LogP contribution is -2.30. The summed E-state index contributed by atoms with van der Waals surface area (Å²) in [5, 5.41) is 8.16. The van der Waals surface area contributed by atoms with Crippen LogP contribution in [0.4, 0.5) is 0 Å². The number of carbonyl (C=O) groups excluding carboxylic acids is 1. The van der Waals surface area contributed by atoms with Gasteiger partial charge in [-0.2, -0.15) is 5.10 Å². The molecule has 3 aromatic rings. The van der Waals surface area contributed by atoms with Crippen LogP contribution >= 0.6 is 0 Å². The molecule has 27 heavy (non-hydrogen) atoms. The average Bonchev–Trinajstić information content (AvgIpc) is 3.35. The second-order valence-corrected chi connectivity index (χ2v) is 8.02. The molecule has 0 radical (unpaired) electrons. The second kappa shape index (κ2) is 6.51. The molecule has 0 bridgehead atoms. The fourth-order valence-electron chi connectivity index (χ4n) is 4.41. The van der Waals surface area contributed by atoms with E-state index in [0.29, 0.717) is 17.5 Å². The zero-order valence-corrected chi connectivity index (χ0v) is 15.7. The number of nitrogens with one attached hydrogen (secondary N) is 1. The molecule has 1 unspecified atom stereocenters. The van der Waals surface area contributed by atoms with Gasteiger partial charge in [-0.25, -0.2) is 4.98 Å². The highest BCUT2D eigenvalue weighted by atomic mass is 16.2. The van der Waals surface area contributed by atoms with Gasteiger partial charge in [0.15, 0.2) is 5.69 Å². The van der Waals surface area contributed by atoms with E-state index >= 15 is 0 Å². The molecule has 0 spiro atoms. The van der Waals surface area contributed by atoms with Crippen molar-refractivity contribution in [1.29, 1.82) is 0 Å². The third-order valence-corrected chi connectivity index (χ3v) is 6.24. The zero-order chi connectivity index (χ0) is 18.4. The van der Waals surface area contributed by atoms with E-state index in [-0.39, 0.29) is 5.91 Å². The number of imidazole rings is 1. The standard InChI is InChI=1S/C21H25N5O/c1-14-11-22-20(16-5-4-6-16)26(14)13-15-9-10-25(12-15)21(27)19-17-7-2-3-8-18(17)23-24-19/h2-3,7-8,11,15-16H,4-6,9-10,12-13H2,1H3,(H,23,24). The number of aryl methyl sites for hydroxylation is 1. The number of carbonyl (C=O) groups is 1. The minimum absolute atomic E-state index is 0.0384. The summed E-state index contributed by atoms with van der Waals surface area (Å²) in [6.45, 7) is 4.70. The minimum Gasteiger partial charge on any atom is -0.337 e. The van der Waals surface area contributed by atoms with E-state index in [0.717, 1.165) is 37.0 Å². The molecule has 1 N–H and O–H groups in total. The molecule has 2 fully saturated rings. The van der Waals surface area contributed by atoms with Crippen LogP contribution in [0.5, 0.6) is 0 Å². The largest absolute Gasteiger partial charge is 0.337 e. The van der Waals surface area contributed by atoms with Gasteiger partial charge in [0.25, 0.3) is 5.91 Å². The molecule has 1 aliphatic carbocycles. The van der Waals surface area contributed by atoms with Crippen LogP contribution in [0, 0.1) is 12.8 Å². The lowest BCUT2D eigenvalue weighted by atomic mass is 9.84. The van der Waals surface area contributed by atoms with Crippen LogP contribution in [0.25, 0.3) is 10.9 Å². The maximum absolute atomic E-state index is 13.0. The van der Waals surface area contributed by atoms with Crippen LogP contribution in [-0.2, 0) is 6.54 Å². The van der Waals surface area contributed by atoms with Crippen molar-refractivity contribution in [2.75, 3.05) is 13.1 Å². The number of fused-ring (bicyclic) bond motifs is 1. The molecule has 6 nitrogen and oxygen atoms in total. The minimum atomic E-state index is 0.0384. The van der Waals surface area contributed by atoms with Gasteiger partial charge in [0.2, 0.25) is 0 Å². The first-order valence-electron chi connectivity index (χ1n) is 9.95. The number of hydrogen-bond acceptors (Lipinski definition) is 3. The van der Waals surface area contributed by atoms with Gasteiger partial charge < -0.3 is 9.47 Å². The summed E-state index contributed by atoms with van der Waals surface area (Å²) in [7, 11) is 0. The summed E-state index contributed by atoms with van der Waals surface area (Å²) >= 11 is 0. The molecule has 1 amide bonds. The zero-order valence-electron chi connectivity index (χ0n) is 15.7. The number of rotatable bonds is 4. The molecular formula is C21H25N5O. The van der Waals surface area contributed by atoms with E-state index in [1.165, 1.54) is 30.8 Å². The van der Waals surface area contributed by atoms with Gasteiger partial charge in [0.1, 0.15) is 5.82 Å². The molecule has 2 aromatic heterocycles. The molecule has 140 valence electrons. The Hall–Kier alpha value is -2.63. The van der Waals surface area contributed by atoms with Gasteiger partial charge in [0, 0.05) is 42.8 Å². The summed E-state index contributed by atoms with van der Waals surface area (Å²) in [4.78, 5) is 19.6. The summed E-state index contributed by atoms with van der Waals surface area (Å²) in [6, 6.07) is 7.81. The Morgan fingerprint density at radius 2 is 2.11 bits per heavy atom. The highest BCUT2D eigenvalue weighted by Gasteiger charge is 2.31.